The van der Waals surface area contributed by atoms with E-state index >= 15 is 0 Å². The van der Waals surface area contributed by atoms with Crippen LogP contribution in [0.2, 0.25) is 0 Å². The summed E-state index contributed by atoms with van der Waals surface area (Å²) >= 11 is 0. The van der Waals surface area contributed by atoms with Gasteiger partial charge in [-0.05, 0) is 6.42 Å². The van der Waals surface area contributed by atoms with Crippen LogP contribution >= 0.6 is 0 Å². The largest absolute Gasteiger partial charge is 0.377 e. The molecule has 0 saturated heterocycles. The average Bonchev–Trinajstić information content (AvgIpc) is 2.39. The fourth-order valence-corrected chi connectivity index (χ4v) is 1.94. The Morgan fingerprint density at radius 3 is 1.94 bits per heavy atom. The third-order valence-electron chi connectivity index (χ3n) is 3.13. The van der Waals surface area contributed by atoms with Crippen molar-refractivity contribution in [1.82, 2.24) is 0 Å². The van der Waals surface area contributed by atoms with E-state index in [2.05, 4.69) is 25.3 Å². The van der Waals surface area contributed by atoms with E-state index in [1.807, 2.05) is 0 Å². The molecule has 1 heteroatoms. The van der Waals surface area contributed by atoms with Crippen molar-refractivity contribution in [3.8, 4) is 11.8 Å². The molecule has 1 atom stereocenters. The first kappa shape index (κ1) is 17.3. The summed E-state index contributed by atoms with van der Waals surface area (Å²) in [6.45, 7) is 5.74. The van der Waals surface area contributed by atoms with E-state index < -0.39 is 6.10 Å². The Morgan fingerprint density at radius 1 is 0.944 bits per heavy atom. The van der Waals surface area contributed by atoms with E-state index in [1.165, 1.54) is 63.9 Å². The molecule has 0 radical (unpaired) electrons. The number of hydrogen-bond donors (Lipinski definition) is 1. The smallest absolute Gasteiger partial charge is 0.133 e. The van der Waals surface area contributed by atoms with Crippen molar-refractivity contribution in [1.29, 1.82) is 0 Å². The average molecular weight is 250 g/mol. The topological polar surface area (TPSA) is 20.2 Å². The summed E-state index contributed by atoms with van der Waals surface area (Å²) in [5, 5.41) is 9.13. The summed E-state index contributed by atoms with van der Waals surface area (Å²) in [5.74, 6) is 5.74. The lowest BCUT2D eigenvalue weighted by molar-refractivity contribution is 0.281. The van der Waals surface area contributed by atoms with E-state index in [9.17, 15) is 0 Å². The van der Waals surface area contributed by atoms with E-state index in [4.69, 9.17) is 5.11 Å². The van der Waals surface area contributed by atoms with Crippen LogP contribution in [0.3, 0.4) is 0 Å². The van der Waals surface area contributed by atoms with Gasteiger partial charge in [0.15, 0.2) is 0 Å². The van der Waals surface area contributed by atoms with Gasteiger partial charge in [0, 0.05) is 6.42 Å². The van der Waals surface area contributed by atoms with E-state index in [1.54, 1.807) is 0 Å². The summed E-state index contributed by atoms with van der Waals surface area (Å²) in [6.07, 6.45) is 15.2. The van der Waals surface area contributed by atoms with Crippen molar-refractivity contribution in [3.63, 3.8) is 0 Å². The van der Waals surface area contributed by atoms with Crippen LogP contribution in [0.25, 0.3) is 0 Å². The van der Waals surface area contributed by atoms with Gasteiger partial charge in [-0.25, -0.2) is 0 Å². The Balaban J connectivity index is 3.11. The van der Waals surface area contributed by atoms with Gasteiger partial charge < -0.3 is 5.11 Å². The first-order chi connectivity index (χ1) is 8.81. The Bertz CT molecular complexity index is 234. The van der Waals surface area contributed by atoms with Crippen LogP contribution in [0.5, 0.6) is 0 Å². The summed E-state index contributed by atoms with van der Waals surface area (Å²) < 4.78 is 0. The van der Waals surface area contributed by atoms with Crippen LogP contribution < -0.4 is 0 Å². The maximum atomic E-state index is 9.13. The number of unbranched alkanes of at least 4 members (excludes halogenated alkanes) is 10. The van der Waals surface area contributed by atoms with Gasteiger partial charge in [-0.3, -0.25) is 0 Å². The normalized spacial score (nSPS) is 11.7. The highest BCUT2D eigenvalue weighted by Gasteiger charge is 1.92. The quantitative estimate of drug-likeness (QED) is 0.316. The van der Waals surface area contributed by atoms with Crippen LogP contribution in [0.15, 0.2) is 12.7 Å². The predicted molar refractivity (Wildman–Crippen MR) is 80.4 cm³/mol. The fourth-order valence-electron chi connectivity index (χ4n) is 1.94. The minimum atomic E-state index is -0.645. The van der Waals surface area contributed by atoms with Gasteiger partial charge in [0.1, 0.15) is 6.10 Å². The minimum Gasteiger partial charge on any atom is -0.377 e. The zero-order valence-electron chi connectivity index (χ0n) is 12.1. The molecule has 0 spiro atoms. The first-order valence-electron chi connectivity index (χ1n) is 7.60. The molecule has 0 fully saturated rings. The maximum absolute atomic E-state index is 9.13. The monoisotopic (exact) mass is 250 g/mol. The van der Waals surface area contributed by atoms with E-state index in [0.29, 0.717) is 0 Å². The standard InChI is InChI=1S/C17H30O/c1-3-5-6-7-8-9-10-11-12-13-14-15-16-17(18)4-2/h4,17-18H,2-3,5-14H2,1H3/t17-/m0/s1. The number of aliphatic hydroxyl groups excluding tert-OH is 1. The van der Waals surface area contributed by atoms with Crippen molar-refractivity contribution >= 4 is 0 Å². The predicted octanol–water partition coefficient (Wildman–Crippen LogP) is 4.85. The van der Waals surface area contributed by atoms with Gasteiger partial charge in [-0.15, -0.1) is 5.92 Å². The molecule has 104 valence electrons. The molecule has 0 aromatic carbocycles. The Kier molecular flexibility index (Phi) is 13.7. The molecule has 18 heavy (non-hydrogen) atoms. The van der Waals surface area contributed by atoms with Crippen molar-refractivity contribution in [3.05, 3.63) is 12.7 Å². The SMILES string of the molecule is C=C[C@H](O)C#CCCCCCCCCCCCC. The molecule has 0 aliphatic heterocycles. The molecule has 0 aliphatic carbocycles. The molecule has 0 aromatic heterocycles. The molecule has 0 rings (SSSR count). The van der Waals surface area contributed by atoms with Gasteiger partial charge >= 0.3 is 0 Å². The fraction of sp³-hybridized carbons (Fsp3) is 0.765. The molecule has 0 saturated carbocycles. The Morgan fingerprint density at radius 2 is 1.44 bits per heavy atom. The van der Waals surface area contributed by atoms with Gasteiger partial charge in [-0.2, -0.15) is 0 Å². The van der Waals surface area contributed by atoms with Crippen molar-refractivity contribution in [2.24, 2.45) is 0 Å². The van der Waals surface area contributed by atoms with Gasteiger partial charge in [0.2, 0.25) is 0 Å². The molecule has 0 bridgehead atoms. The molecule has 0 aromatic rings. The summed E-state index contributed by atoms with van der Waals surface area (Å²) in [6, 6.07) is 0. The number of hydrogen-bond acceptors (Lipinski definition) is 1. The zero-order chi connectivity index (χ0) is 13.5. The second-order valence-corrected chi connectivity index (χ2v) is 4.93. The highest BCUT2D eigenvalue weighted by atomic mass is 16.3. The molecular formula is C17H30O. The Hall–Kier alpha value is -0.740. The summed E-state index contributed by atoms with van der Waals surface area (Å²) in [4.78, 5) is 0. The number of rotatable bonds is 11. The lowest BCUT2D eigenvalue weighted by Gasteiger charge is -2.00. The van der Waals surface area contributed by atoms with Crippen LogP contribution in [0.4, 0.5) is 0 Å². The highest BCUT2D eigenvalue weighted by molar-refractivity contribution is 5.10. The van der Waals surface area contributed by atoms with Gasteiger partial charge in [0.05, 0.1) is 0 Å². The molecule has 0 unspecified atom stereocenters. The Labute approximate surface area is 114 Å². The molecule has 0 amide bonds. The van der Waals surface area contributed by atoms with Gasteiger partial charge in [0.25, 0.3) is 0 Å². The molecular weight excluding hydrogens is 220 g/mol. The minimum absolute atomic E-state index is 0.645. The summed E-state index contributed by atoms with van der Waals surface area (Å²) in [7, 11) is 0. The lowest BCUT2D eigenvalue weighted by atomic mass is 10.1. The molecule has 1 nitrogen and oxygen atoms in total. The van der Waals surface area contributed by atoms with Crippen LogP contribution in [-0.2, 0) is 0 Å². The van der Waals surface area contributed by atoms with Crippen molar-refractivity contribution in [2.75, 3.05) is 0 Å². The van der Waals surface area contributed by atoms with Crippen molar-refractivity contribution < 1.29 is 5.11 Å². The van der Waals surface area contributed by atoms with E-state index in [0.717, 1.165) is 12.8 Å². The second-order valence-electron chi connectivity index (χ2n) is 4.93. The molecule has 0 heterocycles. The first-order valence-corrected chi connectivity index (χ1v) is 7.60. The maximum Gasteiger partial charge on any atom is 0.133 e. The second kappa shape index (κ2) is 14.3. The molecule has 0 aliphatic rings. The summed E-state index contributed by atoms with van der Waals surface area (Å²) in [5.41, 5.74) is 0. The van der Waals surface area contributed by atoms with Gasteiger partial charge in [-0.1, -0.05) is 83.3 Å². The third kappa shape index (κ3) is 13.3. The van der Waals surface area contributed by atoms with Crippen molar-refractivity contribution in [2.45, 2.75) is 83.7 Å². The van der Waals surface area contributed by atoms with E-state index in [-0.39, 0.29) is 0 Å². The highest BCUT2D eigenvalue weighted by Crippen LogP contribution is 2.10. The van der Waals surface area contributed by atoms with Crippen LogP contribution in [0, 0.1) is 11.8 Å². The lowest BCUT2D eigenvalue weighted by Crippen LogP contribution is -1.94. The number of aliphatic hydroxyl groups is 1. The van der Waals surface area contributed by atoms with Crippen LogP contribution in [0.1, 0.15) is 77.6 Å². The van der Waals surface area contributed by atoms with Crippen LogP contribution in [-0.4, -0.2) is 11.2 Å². The third-order valence-corrected chi connectivity index (χ3v) is 3.13. The zero-order valence-corrected chi connectivity index (χ0v) is 12.1. The molecule has 1 N–H and O–H groups in total.